The summed E-state index contributed by atoms with van der Waals surface area (Å²) >= 11 is 0. The normalized spacial score (nSPS) is 24.3. The second kappa shape index (κ2) is 10.6. The zero-order chi connectivity index (χ0) is 23.9. The summed E-state index contributed by atoms with van der Waals surface area (Å²) in [6, 6.07) is 1.02. The van der Waals surface area contributed by atoms with Crippen molar-refractivity contribution in [2.24, 2.45) is 5.11 Å². The molecule has 0 amide bonds. The van der Waals surface area contributed by atoms with Crippen molar-refractivity contribution in [3.05, 3.63) is 43.5 Å². The van der Waals surface area contributed by atoms with Crippen LogP contribution >= 0.6 is 0 Å². The molecule has 0 aliphatic carbocycles. The monoisotopic (exact) mass is 453 g/mol. The van der Waals surface area contributed by atoms with E-state index in [9.17, 15) is 24.0 Å². The quantitative estimate of drug-likeness (QED) is 0.184. The number of esters is 3. The van der Waals surface area contributed by atoms with Gasteiger partial charge in [-0.1, -0.05) is 25.9 Å². The third-order valence-corrected chi connectivity index (χ3v) is 4.52. The van der Waals surface area contributed by atoms with E-state index >= 15 is 0 Å². The van der Waals surface area contributed by atoms with Gasteiger partial charge in [0.2, 0.25) is 5.72 Å². The maximum atomic E-state index is 12.4. The number of aromatic nitrogens is 2. The predicted octanol–water partition coefficient (Wildman–Crippen LogP) is 0.669. The second-order valence-electron chi connectivity index (χ2n) is 6.65. The predicted molar refractivity (Wildman–Crippen MR) is 105 cm³/mol. The van der Waals surface area contributed by atoms with Crippen molar-refractivity contribution in [2.75, 3.05) is 6.61 Å². The Morgan fingerprint density at radius 1 is 1.16 bits per heavy atom. The third-order valence-electron chi connectivity index (χ3n) is 4.52. The minimum absolute atomic E-state index is 0.0111. The number of hydrogen-bond acceptors (Lipinski definition) is 10. The molecule has 1 fully saturated rings. The van der Waals surface area contributed by atoms with E-state index in [2.05, 4.69) is 10.0 Å². The summed E-state index contributed by atoms with van der Waals surface area (Å²) < 4.78 is 22.5. The first kappa shape index (κ1) is 24.6. The van der Waals surface area contributed by atoms with Crippen LogP contribution in [0.4, 0.5) is 0 Å². The van der Waals surface area contributed by atoms with Crippen molar-refractivity contribution in [1.82, 2.24) is 9.55 Å². The smallest absolute Gasteiger partial charge is 0.330 e. The number of aromatic amines is 1. The molecular weight excluding hydrogens is 430 g/mol. The number of carbonyl (C=O) groups excluding carboxylic acids is 3. The van der Waals surface area contributed by atoms with Crippen molar-refractivity contribution >= 4 is 17.9 Å². The van der Waals surface area contributed by atoms with Crippen LogP contribution in [0.2, 0.25) is 0 Å². The first-order chi connectivity index (χ1) is 15.2. The highest BCUT2D eigenvalue weighted by molar-refractivity contribution is 5.71. The summed E-state index contributed by atoms with van der Waals surface area (Å²) in [5.74, 6) is -2.17. The lowest BCUT2D eigenvalue weighted by Gasteiger charge is -2.29. The van der Waals surface area contributed by atoms with Crippen LogP contribution in [0.5, 0.6) is 0 Å². The van der Waals surface area contributed by atoms with Crippen LogP contribution in [0.15, 0.2) is 27.0 Å². The molecule has 1 aromatic heterocycles. The Morgan fingerprint density at radius 2 is 1.78 bits per heavy atom. The minimum Gasteiger partial charge on any atom is -0.462 e. The van der Waals surface area contributed by atoms with Crippen LogP contribution < -0.4 is 11.2 Å². The van der Waals surface area contributed by atoms with Crippen LogP contribution in [-0.2, 0) is 33.3 Å². The molecule has 14 nitrogen and oxygen atoms in total. The molecule has 0 bridgehead atoms. The number of ether oxygens (including phenoxy) is 4. The molecule has 2 heterocycles. The molecule has 14 heteroatoms. The fourth-order valence-electron chi connectivity index (χ4n) is 2.92. The fraction of sp³-hybridized carbons (Fsp3) is 0.611. The Hall–Kier alpha value is -3.64. The third kappa shape index (κ3) is 5.34. The van der Waals surface area contributed by atoms with Gasteiger partial charge in [0.15, 0.2) is 18.4 Å². The first-order valence-electron chi connectivity index (χ1n) is 9.81. The molecule has 32 heavy (non-hydrogen) atoms. The molecule has 0 unspecified atom stereocenters. The molecule has 4 atom stereocenters. The lowest BCUT2D eigenvalue weighted by molar-refractivity contribution is -0.179. The topological polar surface area (TPSA) is 192 Å². The van der Waals surface area contributed by atoms with E-state index in [1.807, 2.05) is 4.98 Å². The molecule has 1 aliphatic heterocycles. The van der Waals surface area contributed by atoms with E-state index in [4.69, 9.17) is 24.5 Å². The van der Waals surface area contributed by atoms with Gasteiger partial charge in [0, 0.05) is 36.4 Å². The van der Waals surface area contributed by atoms with Gasteiger partial charge in [-0.2, -0.15) is 0 Å². The van der Waals surface area contributed by atoms with Gasteiger partial charge in [0.05, 0.1) is 0 Å². The largest absolute Gasteiger partial charge is 0.462 e. The lowest BCUT2D eigenvalue weighted by Crippen LogP contribution is -2.49. The zero-order valence-electron chi connectivity index (χ0n) is 17.7. The summed E-state index contributed by atoms with van der Waals surface area (Å²) in [5, 5.41) is 3.56. The Balaban J connectivity index is 2.66. The Labute approximate surface area is 181 Å². The molecule has 0 spiro atoms. The lowest BCUT2D eigenvalue weighted by atomic mass is 10.0. The fourth-order valence-corrected chi connectivity index (χ4v) is 2.92. The number of hydrogen-bond donors (Lipinski definition) is 1. The highest BCUT2D eigenvalue weighted by Gasteiger charge is 2.61. The number of rotatable bonds is 9. The van der Waals surface area contributed by atoms with Gasteiger partial charge < -0.3 is 18.9 Å². The van der Waals surface area contributed by atoms with Crippen molar-refractivity contribution < 1.29 is 33.3 Å². The molecule has 1 saturated heterocycles. The molecule has 1 N–H and O–H groups in total. The highest BCUT2D eigenvalue weighted by Crippen LogP contribution is 2.42. The molecule has 1 aliphatic rings. The minimum atomic E-state index is -2.16. The van der Waals surface area contributed by atoms with Crippen LogP contribution in [0, 0.1) is 0 Å². The Kier molecular flexibility index (Phi) is 8.15. The van der Waals surface area contributed by atoms with Crippen LogP contribution in [-0.4, -0.2) is 52.0 Å². The van der Waals surface area contributed by atoms with E-state index in [0.717, 1.165) is 16.8 Å². The zero-order valence-corrected chi connectivity index (χ0v) is 17.7. The van der Waals surface area contributed by atoms with Crippen LogP contribution in [0.1, 0.15) is 46.3 Å². The average molecular weight is 453 g/mol. The summed E-state index contributed by atoms with van der Waals surface area (Å²) in [7, 11) is 0. The van der Waals surface area contributed by atoms with Gasteiger partial charge in [0.25, 0.3) is 5.56 Å². The van der Waals surface area contributed by atoms with Gasteiger partial charge >= 0.3 is 23.6 Å². The van der Waals surface area contributed by atoms with E-state index in [1.54, 1.807) is 0 Å². The number of azide groups is 1. The summed E-state index contributed by atoms with van der Waals surface area (Å²) in [5.41, 5.74) is 5.37. The molecule has 0 aromatic carbocycles. The molecule has 0 saturated carbocycles. The van der Waals surface area contributed by atoms with Gasteiger partial charge in [-0.15, -0.1) is 0 Å². The molecule has 174 valence electrons. The van der Waals surface area contributed by atoms with Crippen molar-refractivity contribution in [1.29, 1.82) is 0 Å². The molecule has 2 rings (SSSR count). The summed E-state index contributed by atoms with van der Waals surface area (Å²) in [6.07, 6.45) is -3.64. The van der Waals surface area contributed by atoms with E-state index in [-0.39, 0.29) is 19.3 Å². The van der Waals surface area contributed by atoms with Crippen molar-refractivity contribution in [2.45, 2.75) is 64.2 Å². The molecular formula is C18H23N5O9. The maximum absolute atomic E-state index is 12.4. The maximum Gasteiger partial charge on any atom is 0.330 e. The van der Waals surface area contributed by atoms with E-state index < -0.39 is 59.9 Å². The first-order valence-corrected chi connectivity index (χ1v) is 9.81. The van der Waals surface area contributed by atoms with Crippen molar-refractivity contribution in [3.8, 4) is 0 Å². The average Bonchev–Trinajstić information content (AvgIpc) is 3.05. The number of nitrogens with zero attached hydrogens (tertiary/aromatic N) is 4. The Morgan fingerprint density at radius 3 is 2.34 bits per heavy atom. The standard InChI is InChI=1S/C18H23N5O9/c1-4-11(25)29-9-18(21-22-19)15(31-13(27)6-3)14(30-12(26)5-2)16(32-18)23-8-7-10(24)20-17(23)28/h7-8,14-16H,4-6,9H2,1-3H3,(H,20,24,28)/t14-,15+,16-,18-/m1/s1. The summed E-state index contributed by atoms with van der Waals surface area (Å²) in [6.45, 7) is 3.85. The number of H-pyrrole nitrogens is 1. The van der Waals surface area contributed by atoms with Crippen LogP contribution in [0.3, 0.4) is 0 Å². The highest BCUT2D eigenvalue weighted by atomic mass is 16.7. The molecule has 1 aromatic rings. The van der Waals surface area contributed by atoms with Gasteiger partial charge in [0.1, 0.15) is 6.61 Å². The van der Waals surface area contributed by atoms with Crippen LogP contribution in [0.25, 0.3) is 10.4 Å². The second-order valence-corrected chi connectivity index (χ2v) is 6.65. The SMILES string of the molecule is CCC(=O)OC[C@@]1(N=[N+]=[N-])O[C@@H](n2ccc(=O)[nH]c2=O)[C@H](OC(=O)CC)[C@@H]1OC(=O)CC. The van der Waals surface area contributed by atoms with Gasteiger partial charge in [-0.05, 0) is 5.53 Å². The Bertz CT molecular complexity index is 1030. The number of carbonyl (C=O) groups is 3. The van der Waals surface area contributed by atoms with E-state index in [1.165, 1.54) is 20.8 Å². The van der Waals surface area contributed by atoms with Gasteiger partial charge in [-0.25, -0.2) is 4.79 Å². The number of nitrogens with one attached hydrogen (secondary N) is 1. The van der Waals surface area contributed by atoms with Gasteiger partial charge in [-0.3, -0.25) is 28.7 Å². The van der Waals surface area contributed by atoms with Crippen molar-refractivity contribution in [3.63, 3.8) is 0 Å². The molecule has 0 radical (unpaired) electrons. The summed E-state index contributed by atoms with van der Waals surface area (Å²) in [4.78, 5) is 64.6. The van der Waals surface area contributed by atoms with E-state index in [0.29, 0.717) is 0 Å².